The topological polar surface area (TPSA) is 53.7 Å². The zero-order valence-corrected chi connectivity index (χ0v) is 9.47. The highest BCUT2D eigenvalue weighted by molar-refractivity contribution is 7.80. The Labute approximate surface area is 93.9 Å². The summed E-state index contributed by atoms with van der Waals surface area (Å²) in [7, 11) is 3.12. The summed E-state index contributed by atoms with van der Waals surface area (Å²) < 4.78 is 15.2. The highest BCUT2D eigenvalue weighted by Crippen LogP contribution is 2.22. The standard InChI is InChI=1S/C10H13NO3S/c1-12-6-14-9-4-7(10(11)15)3-8(5-9)13-2/h3-5H,6H2,1-2H3,(H2,11,15). The number of ether oxygens (including phenoxy) is 3. The predicted octanol–water partition coefficient (Wildman–Crippen LogP) is 1.31. The first kappa shape index (κ1) is 11.7. The first-order valence-electron chi connectivity index (χ1n) is 4.28. The Morgan fingerprint density at radius 1 is 1.27 bits per heavy atom. The van der Waals surface area contributed by atoms with Crippen LogP contribution >= 0.6 is 12.2 Å². The van der Waals surface area contributed by atoms with Gasteiger partial charge in [-0.3, -0.25) is 0 Å². The van der Waals surface area contributed by atoms with Crippen LogP contribution < -0.4 is 15.2 Å². The average Bonchev–Trinajstić information content (AvgIpc) is 2.25. The Hall–Kier alpha value is -1.33. The van der Waals surface area contributed by atoms with E-state index in [2.05, 4.69) is 0 Å². The molecule has 0 spiro atoms. The van der Waals surface area contributed by atoms with E-state index in [1.807, 2.05) is 0 Å². The van der Waals surface area contributed by atoms with Gasteiger partial charge >= 0.3 is 0 Å². The van der Waals surface area contributed by atoms with Gasteiger partial charge in [0.15, 0.2) is 6.79 Å². The van der Waals surface area contributed by atoms with Crippen LogP contribution in [0.2, 0.25) is 0 Å². The molecule has 0 aliphatic heterocycles. The lowest BCUT2D eigenvalue weighted by atomic mass is 10.2. The summed E-state index contributed by atoms with van der Waals surface area (Å²) in [6, 6.07) is 5.23. The van der Waals surface area contributed by atoms with E-state index < -0.39 is 0 Å². The van der Waals surface area contributed by atoms with Gasteiger partial charge in [-0.25, -0.2) is 0 Å². The van der Waals surface area contributed by atoms with Crippen LogP contribution in [-0.2, 0) is 4.74 Å². The van der Waals surface area contributed by atoms with Crippen LogP contribution in [0.3, 0.4) is 0 Å². The molecule has 0 saturated carbocycles. The van der Waals surface area contributed by atoms with Gasteiger partial charge < -0.3 is 19.9 Å². The summed E-state index contributed by atoms with van der Waals surface area (Å²) in [5, 5.41) is 0. The van der Waals surface area contributed by atoms with E-state index in [1.165, 1.54) is 0 Å². The molecule has 0 saturated heterocycles. The first-order valence-corrected chi connectivity index (χ1v) is 4.69. The number of thiocarbonyl (C=S) groups is 1. The molecule has 1 aromatic rings. The summed E-state index contributed by atoms with van der Waals surface area (Å²) in [5.41, 5.74) is 6.23. The molecular weight excluding hydrogens is 214 g/mol. The Kier molecular flexibility index (Phi) is 4.33. The SMILES string of the molecule is COCOc1cc(OC)cc(C(N)=S)c1. The molecule has 0 amide bonds. The minimum absolute atomic E-state index is 0.171. The number of hydrogen-bond acceptors (Lipinski definition) is 4. The third-order valence-corrected chi connectivity index (χ3v) is 1.98. The molecule has 0 atom stereocenters. The Morgan fingerprint density at radius 2 is 1.93 bits per heavy atom. The highest BCUT2D eigenvalue weighted by Gasteiger charge is 2.04. The smallest absolute Gasteiger partial charge is 0.188 e. The van der Waals surface area contributed by atoms with Crippen molar-refractivity contribution in [3.8, 4) is 11.5 Å². The van der Waals surface area contributed by atoms with Crippen molar-refractivity contribution in [3.05, 3.63) is 23.8 Å². The summed E-state index contributed by atoms with van der Waals surface area (Å²) >= 11 is 4.88. The molecule has 1 aromatic carbocycles. The van der Waals surface area contributed by atoms with Gasteiger partial charge in [0.05, 0.1) is 7.11 Å². The van der Waals surface area contributed by atoms with Gasteiger partial charge in [0.25, 0.3) is 0 Å². The summed E-state index contributed by atoms with van der Waals surface area (Å²) in [6.45, 7) is 0.171. The number of hydrogen-bond donors (Lipinski definition) is 1. The summed E-state index contributed by atoms with van der Waals surface area (Å²) in [6.07, 6.45) is 0. The molecule has 15 heavy (non-hydrogen) atoms. The largest absolute Gasteiger partial charge is 0.497 e. The molecule has 5 heteroatoms. The van der Waals surface area contributed by atoms with Crippen LogP contribution in [0.25, 0.3) is 0 Å². The van der Waals surface area contributed by atoms with E-state index in [0.29, 0.717) is 22.1 Å². The maximum Gasteiger partial charge on any atom is 0.188 e. The van der Waals surface area contributed by atoms with Crippen molar-refractivity contribution in [2.45, 2.75) is 0 Å². The monoisotopic (exact) mass is 227 g/mol. The van der Waals surface area contributed by atoms with Crippen molar-refractivity contribution in [1.82, 2.24) is 0 Å². The molecule has 4 nitrogen and oxygen atoms in total. The van der Waals surface area contributed by atoms with E-state index in [-0.39, 0.29) is 6.79 Å². The minimum Gasteiger partial charge on any atom is -0.497 e. The fourth-order valence-electron chi connectivity index (χ4n) is 1.04. The molecule has 1 rings (SSSR count). The molecule has 0 heterocycles. The Balaban J connectivity index is 2.95. The normalized spacial score (nSPS) is 9.73. The molecule has 2 N–H and O–H groups in total. The second kappa shape index (κ2) is 5.53. The summed E-state index contributed by atoms with van der Waals surface area (Å²) in [4.78, 5) is 0.302. The number of nitrogens with two attached hydrogens (primary N) is 1. The van der Waals surface area contributed by atoms with Crippen molar-refractivity contribution < 1.29 is 14.2 Å². The molecule has 0 aromatic heterocycles. The van der Waals surface area contributed by atoms with Gasteiger partial charge in [-0.05, 0) is 12.1 Å². The molecule has 0 aliphatic carbocycles. The van der Waals surface area contributed by atoms with Crippen LogP contribution in [0.5, 0.6) is 11.5 Å². The van der Waals surface area contributed by atoms with E-state index in [1.54, 1.807) is 32.4 Å². The number of methoxy groups -OCH3 is 2. The fourth-order valence-corrected chi connectivity index (χ4v) is 1.16. The van der Waals surface area contributed by atoms with Crippen LogP contribution in [0.15, 0.2) is 18.2 Å². The van der Waals surface area contributed by atoms with Gasteiger partial charge in [0.2, 0.25) is 0 Å². The second-order valence-electron chi connectivity index (χ2n) is 2.81. The minimum atomic E-state index is 0.171. The predicted molar refractivity (Wildman–Crippen MR) is 61.4 cm³/mol. The van der Waals surface area contributed by atoms with Gasteiger partial charge in [0, 0.05) is 18.7 Å². The van der Waals surface area contributed by atoms with Crippen LogP contribution in [0, 0.1) is 0 Å². The van der Waals surface area contributed by atoms with Crippen LogP contribution in [0.1, 0.15) is 5.56 Å². The van der Waals surface area contributed by atoms with Gasteiger partial charge in [-0.15, -0.1) is 0 Å². The van der Waals surface area contributed by atoms with Crippen LogP contribution in [0.4, 0.5) is 0 Å². The second-order valence-corrected chi connectivity index (χ2v) is 3.25. The van der Waals surface area contributed by atoms with Crippen molar-refractivity contribution in [2.24, 2.45) is 5.73 Å². The maximum absolute atomic E-state index is 5.52. The van der Waals surface area contributed by atoms with Gasteiger partial charge in [-0.2, -0.15) is 0 Å². The molecule has 0 unspecified atom stereocenters. The molecule has 0 radical (unpaired) electrons. The lowest BCUT2D eigenvalue weighted by Crippen LogP contribution is -2.10. The van der Waals surface area contributed by atoms with E-state index in [4.69, 9.17) is 32.2 Å². The number of benzene rings is 1. The van der Waals surface area contributed by atoms with Crippen molar-refractivity contribution in [2.75, 3.05) is 21.0 Å². The molecule has 0 fully saturated rings. The third-order valence-electron chi connectivity index (χ3n) is 1.74. The molecule has 82 valence electrons. The van der Waals surface area contributed by atoms with Crippen molar-refractivity contribution in [1.29, 1.82) is 0 Å². The summed E-state index contributed by atoms with van der Waals surface area (Å²) in [5.74, 6) is 1.26. The van der Waals surface area contributed by atoms with E-state index >= 15 is 0 Å². The van der Waals surface area contributed by atoms with Gasteiger partial charge in [0.1, 0.15) is 16.5 Å². The Morgan fingerprint density at radius 3 is 2.47 bits per heavy atom. The number of rotatable bonds is 5. The highest BCUT2D eigenvalue weighted by atomic mass is 32.1. The third kappa shape index (κ3) is 3.38. The Bertz CT molecular complexity index is 355. The maximum atomic E-state index is 5.52. The van der Waals surface area contributed by atoms with Gasteiger partial charge in [-0.1, -0.05) is 12.2 Å². The quantitative estimate of drug-likeness (QED) is 0.607. The van der Waals surface area contributed by atoms with E-state index in [0.717, 1.165) is 0 Å². The molecule has 0 bridgehead atoms. The first-order chi connectivity index (χ1) is 7.17. The van der Waals surface area contributed by atoms with E-state index in [9.17, 15) is 0 Å². The average molecular weight is 227 g/mol. The lowest BCUT2D eigenvalue weighted by Gasteiger charge is -2.09. The van der Waals surface area contributed by atoms with Crippen molar-refractivity contribution in [3.63, 3.8) is 0 Å². The zero-order valence-electron chi connectivity index (χ0n) is 8.65. The molecular formula is C10H13NO3S. The van der Waals surface area contributed by atoms with Crippen molar-refractivity contribution >= 4 is 17.2 Å². The fraction of sp³-hybridized carbons (Fsp3) is 0.300. The zero-order chi connectivity index (χ0) is 11.3. The van der Waals surface area contributed by atoms with Crippen LogP contribution in [-0.4, -0.2) is 26.0 Å². The molecule has 0 aliphatic rings. The lowest BCUT2D eigenvalue weighted by molar-refractivity contribution is 0.0510.